The minimum atomic E-state index is -0.623. The number of anilines is 1. The highest BCUT2D eigenvalue weighted by molar-refractivity contribution is 7.18. The molecule has 0 atom stereocenters. The zero-order valence-corrected chi connectivity index (χ0v) is 18.0. The van der Waals surface area contributed by atoms with Gasteiger partial charge in [0.05, 0.1) is 16.5 Å². The number of benzene rings is 1. The Bertz CT molecular complexity index is 919. The fourth-order valence-electron chi connectivity index (χ4n) is 2.78. The molecule has 0 fully saturated rings. The number of thiophene rings is 1. The largest absolute Gasteiger partial charge is 0.459 e. The maximum absolute atomic E-state index is 13.5. The van der Waals surface area contributed by atoms with Crippen molar-refractivity contribution in [3.05, 3.63) is 51.7 Å². The van der Waals surface area contributed by atoms with Gasteiger partial charge in [0.25, 0.3) is 11.8 Å². The minimum absolute atomic E-state index is 0.107. The summed E-state index contributed by atoms with van der Waals surface area (Å²) < 4.78 is 18.8. The molecule has 2 aromatic rings. The van der Waals surface area contributed by atoms with Crippen molar-refractivity contribution in [1.29, 1.82) is 0 Å². The van der Waals surface area contributed by atoms with Crippen molar-refractivity contribution in [3.8, 4) is 0 Å². The van der Waals surface area contributed by atoms with Crippen LogP contribution in [0.1, 0.15) is 63.6 Å². The quantitative estimate of drug-likeness (QED) is 0.670. The highest BCUT2D eigenvalue weighted by Crippen LogP contribution is 2.35. The Labute approximate surface area is 173 Å². The van der Waals surface area contributed by atoms with Crippen LogP contribution in [0.4, 0.5) is 9.39 Å². The topological polar surface area (TPSA) is 75.7 Å². The Morgan fingerprint density at radius 3 is 2.41 bits per heavy atom. The molecule has 1 aromatic carbocycles. The van der Waals surface area contributed by atoms with E-state index in [-0.39, 0.29) is 28.1 Å². The summed E-state index contributed by atoms with van der Waals surface area (Å²) in [5.41, 5.74) is 0.701. The van der Waals surface area contributed by atoms with Gasteiger partial charge in [-0.1, -0.05) is 6.07 Å². The van der Waals surface area contributed by atoms with Gasteiger partial charge in [0.2, 0.25) is 0 Å². The highest BCUT2D eigenvalue weighted by atomic mass is 32.1. The second kappa shape index (κ2) is 9.65. The molecule has 0 aliphatic rings. The van der Waals surface area contributed by atoms with E-state index in [0.29, 0.717) is 23.5 Å². The number of nitrogens with zero attached hydrogens (tertiary/aromatic N) is 1. The van der Waals surface area contributed by atoms with Gasteiger partial charge in [-0.05, 0) is 58.4 Å². The lowest BCUT2D eigenvalue weighted by Gasteiger charge is -2.18. The van der Waals surface area contributed by atoms with Gasteiger partial charge in [-0.3, -0.25) is 9.59 Å². The summed E-state index contributed by atoms with van der Waals surface area (Å²) >= 11 is 1.02. The zero-order chi connectivity index (χ0) is 21.7. The van der Waals surface area contributed by atoms with E-state index in [4.69, 9.17) is 4.74 Å². The third kappa shape index (κ3) is 5.20. The van der Waals surface area contributed by atoms with Gasteiger partial charge < -0.3 is 15.0 Å². The number of halogens is 1. The molecule has 6 nitrogen and oxygen atoms in total. The second-order valence-electron chi connectivity index (χ2n) is 6.66. The first-order valence-corrected chi connectivity index (χ1v) is 10.2. The van der Waals surface area contributed by atoms with Gasteiger partial charge in [-0.25, -0.2) is 9.18 Å². The third-order valence-corrected chi connectivity index (χ3v) is 5.45. The van der Waals surface area contributed by atoms with Crippen LogP contribution in [0.5, 0.6) is 0 Å². The zero-order valence-electron chi connectivity index (χ0n) is 17.2. The first kappa shape index (κ1) is 22.5. The molecule has 1 heterocycles. The summed E-state index contributed by atoms with van der Waals surface area (Å²) in [5, 5.41) is 2.85. The molecule has 0 spiro atoms. The number of esters is 1. The Kier molecular flexibility index (Phi) is 7.50. The summed E-state index contributed by atoms with van der Waals surface area (Å²) in [4.78, 5) is 40.1. The van der Waals surface area contributed by atoms with Crippen LogP contribution in [0.15, 0.2) is 24.3 Å². The van der Waals surface area contributed by atoms with E-state index < -0.39 is 17.7 Å². The number of ether oxygens (including phenoxy) is 1. The average molecular weight is 421 g/mol. The van der Waals surface area contributed by atoms with E-state index in [9.17, 15) is 18.8 Å². The monoisotopic (exact) mass is 420 g/mol. The molecule has 2 amide bonds. The fourth-order valence-corrected chi connectivity index (χ4v) is 3.94. The lowest BCUT2D eigenvalue weighted by Crippen LogP contribution is -2.30. The standard InChI is InChI=1S/C21H25FN2O4S/c1-6-24(7-2)20(26)17-13(5)16(21(27)28-12(3)4)19(29-17)23-18(25)14-9-8-10-15(22)11-14/h8-12H,6-7H2,1-5H3,(H,23,25). The summed E-state index contributed by atoms with van der Waals surface area (Å²) in [7, 11) is 0. The average Bonchev–Trinajstić information content (AvgIpc) is 2.98. The summed E-state index contributed by atoms with van der Waals surface area (Å²) in [6.07, 6.45) is -0.365. The molecule has 2 rings (SSSR count). The maximum atomic E-state index is 13.5. The SMILES string of the molecule is CCN(CC)C(=O)c1sc(NC(=O)c2cccc(F)c2)c(C(=O)OC(C)C)c1C. The van der Waals surface area contributed by atoms with Crippen LogP contribution in [0, 0.1) is 12.7 Å². The molecule has 0 aliphatic carbocycles. The second-order valence-corrected chi connectivity index (χ2v) is 7.68. The van der Waals surface area contributed by atoms with Gasteiger partial charge in [0.15, 0.2) is 0 Å². The van der Waals surface area contributed by atoms with Crippen molar-refractivity contribution in [2.75, 3.05) is 18.4 Å². The lowest BCUT2D eigenvalue weighted by atomic mass is 10.1. The van der Waals surface area contributed by atoms with Crippen LogP contribution in [-0.2, 0) is 4.74 Å². The van der Waals surface area contributed by atoms with E-state index in [0.717, 1.165) is 17.4 Å². The van der Waals surface area contributed by atoms with Crippen molar-refractivity contribution in [1.82, 2.24) is 4.90 Å². The number of amides is 2. The number of nitrogens with one attached hydrogen (secondary N) is 1. The highest BCUT2D eigenvalue weighted by Gasteiger charge is 2.29. The normalized spacial score (nSPS) is 10.7. The van der Waals surface area contributed by atoms with E-state index in [1.807, 2.05) is 13.8 Å². The van der Waals surface area contributed by atoms with E-state index in [1.165, 1.54) is 18.2 Å². The predicted molar refractivity (Wildman–Crippen MR) is 111 cm³/mol. The Morgan fingerprint density at radius 2 is 1.86 bits per heavy atom. The van der Waals surface area contributed by atoms with Crippen molar-refractivity contribution in [2.45, 2.75) is 40.7 Å². The molecule has 0 saturated heterocycles. The molecule has 1 N–H and O–H groups in total. The Hall–Kier alpha value is -2.74. The summed E-state index contributed by atoms with van der Waals surface area (Å²) in [6, 6.07) is 5.22. The van der Waals surface area contributed by atoms with Gasteiger partial charge in [-0.2, -0.15) is 0 Å². The van der Waals surface area contributed by atoms with Gasteiger partial charge in [0.1, 0.15) is 10.8 Å². The van der Waals surface area contributed by atoms with E-state index in [2.05, 4.69) is 5.32 Å². The van der Waals surface area contributed by atoms with Crippen LogP contribution >= 0.6 is 11.3 Å². The number of rotatable bonds is 7. The summed E-state index contributed by atoms with van der Waals surface area (Å²) in [5.74, 6) is -1.97. The van der Waals surface area contributed by atoms with Crippen LogP contribution in [0.2, 0.25) is 0 Å². The fraction of sp³-hybridized carbons (Fsp3) is 0.381. The van der Waals surface area contributed by atoms with Crippen LogP contribution in [0.3, 0.4) is 0 Å². The van der Waals surface area contributed by atoms with Gasteiger partial charge >= 0.3 is 5.97 Å². The number of hydrogen-bond donors (Lipinski definition) is 1. The van der Waals surface area contributed by atoms with Gasteiger partial charge in [0, 0.05) is 18.7 Å². The van der Waals surface area contributed by atoms with Crippen molar-refractivity contribution < 1.29 is 23.5 Å². The number of carbonyl (C=O) groups is 3. The van der Waals surface area contributed by atoms with Gasteiger partial charge in [-0.15, -0.1) is 11.3 Å². The molecule has 0 aliphatic heterocycles. The molecule has 29 heavy (non-hydrogen) atoms. The molecular weight excluding hydrogens is 395 g/mol. The summed E-state index contributed by atoms with van der Waals surface area (Å²) in [6.45, 7) is 9.85. The van der Waals surface area contributed by atoms with Crippen LogP contribution in [0.25, 0.3) is 0 Å². The Morgan fingerprint density at radius 1 is 1.21 bits per heavy atom. The minimum Gasteiger partial charge on any atom is -0.459 e. The maximum Gasteiger partial charge on any atom is 0.341 e. The molecule has 0 bridgehead atoms. The third-order valence-electron chi connectivity index (χ3n) is 4.25. The first-order valence-electron chi connectivity index (χ1n) is 9.40. The van der Waals surface area contributed by atoms with Crippen molar-refractivity contribution in [2.24, 2.45) is 0 Å². The smallest absolute Gasteiger partial charge is 0.341 e. The molecule has 8 heteroatoms. The molecule has 0 unspecified atom stereocenters. The molecule has 0 radical (unpaired) electrons. The lowest BCUT2D eigenvalue weighted by molar-refractivity contribution is 0.0379. The van der Waals surface area contributed by atoms with Crippen molar-refractivity contribution >= 4 is 34.1 Å². The van der Waals surface area contributed by atoms with E-state index in [1.54, 1.807) is 25.7 Å². The van der Waals surface area contributed by atoms with Crippen LogP contribution in [-0.4, -0.2) is 41.9 Å². The number of hydrogen-bond acceptors (Lipinski definition) is 5. The van der Waals surface area contributed by atoms with Crippen LogP contribution < -0.4 is 5.32 Å². The molecular formula is C21H25FN2O4S. The Balaban J connectivity index is 2.48. The molecule has 1 aromatic heterocycles. The number of carbonyl (C=O) groups excluding carboxylic acids is 3. The molecule has 0 saturated carbocycles. The van der Waals surface area contributed by atoms with Crippen molar-refractivity contribution in [3.63, 3.8) is 0 Å². The van der Waals surface area contributed by atoms with E-state index >= 15 is 0 Å². The first-order chi connectivity index (χ1) is 13.7. The molecule has 156 valence electrons. The predicted octanol–water partition coefficient (Wildman–Crippen LogP) is 4.50.